The van der Waals surface area contributed by atoms with Crippen LogP contribution in [0.1, 0.15) is 6.92 Å². The van der Waals surface area contributed by atoms with Gasteiger partial charge in [0, 0.05) is 14.1 Å². The number of hydrogen-bond donors (Lipinski definition) is 1. The first-order chi connectivity index (χ1) is 5.54. The smallest absolute Gasteiger partial charge is 0.404 e. The molecule has 0 saturated carbocycles. The Morgan fingerprint density at radius 1 is 1.67 bits per heavy atom. The van der Waals surface area contributed by atoms with Crippen molar-refractivity contribution in [2.45, 2.75) is 6.92 Å². The van der Waals surface area contributed by atoms with Gasteiger partial charge in [-0.3, -0.25) is 5.01 Å². The Bertz CT molecular complexity index is 163. The van der Waals surface area contributed by atoms with E-state index in [0.29, 0.717) is 6.61 Å². The van der Waals surface area contributed by atoms with E-state index in [1.807, 2.05) is 0 Å². The minimum atomic E-state index is -0.711. The molecule has 0 unspecified atom stereocenters. The lowest BCUT2D eigenvalue weighted by Crippen LogP contribution is -2.11. The van der Waals surface area contributed by atoms with Crippen LogP contribution in [0.5, 0.6) is 0 Å². The number of hydrogen-bond acceptors (Lipinski definition) is 5. The Balaban J connectivity index is 0. The lowest BCUT2D eigenvalue weighted by atomic mass is 10.9. The van der Waals surface area contributed by atoms with Crippen LogP contribution in [0.15, 0.2) is 5.10 Å². The van der Waals surface area contributed by atoms with Crippen LogP contribution in [0.25, 0.3) is 0 Å². The predicted octanol–water partition coefficient (Wildman–Crippen LogP) is -0.0996. The predicted molar refractivity (Wildman–Crippen MR) is 43.0 cm³/mol. The van der Waals surface area contributed by atoms with E-state index in [1.165, 1.54) is 11.1 Å². The highest BCUT2D eigenvalue weighted by Gasteiger charge is 1.82. The van der Waals surface area contributed by atoms with Crippen LogP contribution in [-0.4, -0.2) is 37.9 Å². The minimum absolute atomic E-state index is 0.356. The first kappa shape index (κ1) is 13.1. The number of nitrogens with zero attached hydrogens (tertiary/aromatic N) is 2. The van der Waals surface area contributed by atoms with Crippen LogP contribution < -0.4 is 5.73 Å². The van der Waals surface area contributed by atoms with Gasteiger partial charge >= 0.3 is 6.09 Å². The van der Waals surface area contributed by atoms with E-state index in [1.54, 1.807) is 21.0 Å². The molecule has 2 N–H and O–H groups in total. The number of isocyanates is 1. The maximum atomic E-state index is 9.60. The molecule has 0 saturated heterocycles. The van der Waals surface area contributed by atoms with Crippen molar-refractivity contribution in [1.29, 1.82) is 0 Å². The zero-order valence-electron chi connectivity index (χ0n) is 7.40. The molecule has 0 radical (unpaired) electrons. The van der Waals surface area contributed by atoms with E-state index in [-0.39, 0.29) is 0 Å². The number of amides is 1. The minimum Gasteiger partial charge on any atom is -0.450 e. The van der Waals surface area contributed by atoms with Gasteiger partial charge in [0.2, 0.25) is 0 Å². The molecule has 0 fully saturated rings. The van der Waals surface area contributed by atoms with Crippen LogP contribution in [0.4, 0.5) is 4.79 Å². The van der Waals surface area contributed by atoms with Gasteiger partial charge in [-0.15, -0.1) is 0 Å². The van der Waals surface area contributed by atoms with Crippen molar-refractivity contribution in [3.05, 3.63) is 0 Å². The summed E-state index contributed by atoms with van der Waals surface area (Å²) in [7, 11) is 3.32. The second-order valence-electron chi connectivity index (χ2n) is 1.79. The zero-order valence-corrected chi connectivity index (χ0v) is 7.40. The zero-order chi connectivity index (χ0) is 9.98. The molecule has 70 valence electrons. The van der Waals surface area contributed by atoms with Crippen molar-refractivity contribution in [3.8, 4) is 0 Å². The van der Waals surface area contributed by atoms with Crippen LogP contribution in [-0.2, 0) is 9.53 Å². The van der Waals surface area contributed by atoms with Gasteiger partial charge in [-0.1, -0.05) is 5.10 Å². The first-order valence-corrected chi connectivity index (χ1v) is 3.21. The van der Waals surface area contributed by atoms with Crippen molar-refractivity contribution in [1.82, 2.24) is 5.01 Å². The highest BCUT2D eigenvalue weighted by Crippen LogP contribution is 1.66. The molecular weight excluding hydrogens is 162 g/mol. The number of ether oxygens (including phenoxy) is 1. The lowest BCUT2D eigenvalue weighted by Gasteiger charge is -1.94. The van der Waals surface area contributed by atoms with Gasteiger partial charge in [0.15, 0.2) is 0 Å². The van der Waals surface area contributed by atoms with Crippen LogP contribution in [0.2, 0.25) is 0 Å². The summed E-state index contributed by atoms with van der Waals surface area (Å²) in [4.78, 5) is 18.9. The molecule has 0 heterocycles. The topological polar surface area (TPSA) is 85.0 Å². The number of nitrogens with two attached hydrogens (primary N) is 1. The molecule has 0 aromatic rings. The van der Waals surface area contributed by atoms with Gasteiger partial charge in [0.05, 0.1) is 6.61 Å². The van der Waals surface area contributed by atoms with E-state index in [9.17, 15) is 9.59 Å². The van der Waals surface area contributed by atoms with Gasteiger partial charge in [-0.05, 0) is 6.92 Å². The third-order valence-electron chi connectivity index (χ3n) is 0.527. The molecule has 0 aromatic carbocycles. The molecule has 0 atom stereocenters. The summed E-state index contributed by atoms with van der Waals surface area (Å²) in [5.41, 5.74) is 4.54. The standard InChI is InChI=1S/C3H6N2O.C3H7NO2/c1-5(2)4-3-6;1-2-6-3(4)5/h1-2H3;2H2,1H3,(H2,4,5). The van der Waals surface area contributed by atoms with Crippen molar-refractivity contribution in [3.63, 3.8) is 0 Å². The van der Waals surface area contributed by atoms with Gasteiger partial charge in [-0.25, -0.2) is 9.59 Å². The lowest BCUT2D eigenvalue weighted by molar-refractivity contribution is 0.163. The second kappa shape index (κ2) is 9.45. The molecule has 1 amide bonds. The van der Waals surface area contributed by atoms with Gasteiger partial charge in [0.1, 0.15) is 0 Å². The summed E-state index contributed by atoms with van der Waals surface area (Å²) < 4.78 is 4.18. The van der Waals surface area contributed by atoms with Crippen molar-refractivity contribution in [2.75, 3.05) is 20.7 Å². The maximum Gasteiger partial charge on any atom is 0.404 e. The molecular formula is C6H13N3O3. The van der Waals surface area contributed by atoms with Crippen LogP contribution in [0.3, 0.4) is 0 Å². The molecule has 0 bridgehead atoms. The maximum absolute atomic E-state index is 9.60. The average Bonchev–Trinajstić information content (AvgIpc) is 1.87. The number of rotatable bonds is 2. The van der Waals surface area contributed by atoms with E-state index in [2.05, 4.69) is 15.6 Å². The fourth-order valence-electron chi connectivity index (χ4n) is 0.224. The molecule has 6 nitrogen and oxygen atoms in total. The van der Waals surface area contributed by atoms with Crippen molar-refractivity contribution in [2.24, 2.45) is 10.8 Å². The third-order valence-corrected chi connectivity index (χ3v) is 0.527. The van der Waals surface area contributed by atoms with Gasteiger partial charge < -0.3 is 10.5 Å². The molecule has 0 aliphatic carbocycles. The quantitative estimate of drug-likeness (QED) is 0.361. The van der Waals surface area contributed by atoms with Crippen LogP contribution >= 0.6 is 0 Å². The molecule has 12 heavy (non-hydrogen) atoms. The Morgan fingerprint density at radius 3 is 2.17 bits per heavy atom. The summed E-state index contributed by atoms with van der Waals surface area (Å²) in [6.45, 7) is 2.06. The Labute approximate surface area is 71.0 Å². The fourth-order valence-corrected chi connectivity index (χ4v) is 0.224. The Kier molecular flexibility index (Phi) is 10.3. The van der Waals surface area contributed by atoms with E-state index in [0.717, 1.165) is 0 Å². The first-order valence-electron chi connectivity index (χ1n) is 3.21. The molecule has 0 spiro atoms. The number of primary amides is 1. The van der Waals surface area contributed by atoms with Crippen molar-refractivity contribution < 1.29 is 14.3 Å². The number of carbonyl (C=O) groups excluding carboxylic acids is 2. The summed E-state index contributed by atoms with van der Waals surface area (Å²) in [6.07, 6.45) is 0.657. The third kappa shape index (κ3) is 23.7. The number of hydrazone groups is 1. The highest BCUT2D eigenvalue weighted by atomic mass is 16.5. The fraction of sp³-hybridized carbons (Fsp3) is 0.667. The average molecular weight is 175 g/mol. The SMILES string of the molecule is CCOC(N)=O.CN(C)N=C=O. The van der Waals surface area contributed by atoms with E-state index in [4.69, 9.17) is 0 Å². The molecule has 6 heteroatoms. The van der Waals surface area contributed by atoms with Crippen molar-refractivity contribution >= 4 is 12.2 Å². The Morgan fingerprint density at radius 2 is 2.17 bits per heavy atom. The number of carbonyl (C=O) groups is 1. The van der Waals surface area contributed by atoms with Gasteiger partial charge in [-0.2, -0.15) is 0 Å². The largest absolute Gasteiger partial charge is 0.450 e. The summed E-state index contributed by atoms with van der Waals surface area (Å²) in [5, 5.41) is 4.53. The van der Waals surface area contributed by atoms with Gasteiger partial charge in [0.25, 0.3) is 6.08 Å². The van der Waals surface area contributed by atoms with E-state index >= 15 is 0 Å². The van der Waals surface area contributed by atoms with Crippen LogP contribution in [0, 0.1) is 0 Å². The molecule has 0 aliphatic rings. The second-order valence-corrected chi connectivity index (χ2v) is 1.79. The molecule has 0 aromatic heterocycles. The Hall–Kier alpha value is -1.55. The summed E-state index contributed by atoms with van der Waals surface area (Å²) >= 11 is 0. The highest BCUT2D eigenvalue weighted by molar-refractivity contribution is 5.64. The van der Waals surface area contributed by atoms with E-state index < -0.39 is 6.09 Å². The molecule has 0 rings (SSSR count). The summed E-state index contributed by atoms with van der Waals surface area (Å²) in [5.74, 6) is 0. The summed E-state index contributed by atoms with van der Waals surface area (Å²) in [6, 6.07) is 0. The monoisotopic (exact) mass is 175 g/mol. The normalized spacial score (nSPS) is 6.92. The molecule has 0 aliphatic heterocycles.